The van der Waals surface area contributed by atoms with E-state index in [-0.39, 0.29) is 11.5 Å². The van der Waals surface area contributed by atoms with Gasteiger partial charge in [-0.15, -0.1) is 0 Å². The number of nitrogens with zero attached hydrogens (tertiary/aromatic N) is 2. The van der Waals surface area contributed by atoms with E-state index in [1.807, 2.05) is 19.0 Å². The minimum Gasteiger partial charge on any atom is -0.340 e. The zero-order chi connectivity index (χ0) is 13.0. The van der Waals surface area contributed by atoms with E-state index < -0.39 is 5.82 Å². The summed E-state index contributed by atoms with van der Waals surface area (Å²) in [5.74, 6) is -0.726. The topological polar surface area (TPSA) is 23.6 Å². The molecule has 0 atom stereocenters. The lowest BCUT2D eigenvalue weighted by Gasteiger charge is -2.20. The molecule has 0 saturated carbocycles. The zero-order valence-electron chi connectivity index (χ0n) is 10.8. The summed E-state index contributed by atoms with van der Waals surface area (Å²) >= 11 is 0. The van der Waals surface area contributed by atoms with Crippen molar-refractivity contribution in [2.75, 3.05) is 34.2 Å². The molecule has 1 amide bonds. The maximum absolute atomic E-state index is 13.6. The number of hydrogen-bond acceptors (Lipinski definition) is 2. The van der Waals surface area contributed by atoms with Crippen molar-refractivity contribution in [1.29, 1.82) is 0 Å². The van der Waals surface area contributed by atoms with Crippen LogP contribution in [-0.4, -0.2) is 49.9 Å². The molecule has 1 aromatic rings. The lowest BCUT2D eigenvalue weighted by molar-refractivity contribution is 0.0781. The second-order valence-corrected chi connectivity index (χ2v) is 4.51. The van der Waals surface area contributed by atoms with E-state index >= 15 is 0 Å². The molecular weight excluding hydrogens is 219 g/mol. The highest BCUT2D eigenvalue weighted by Crippen LogP contribution is 2.11. The van der Waals surface area contributed by atoms with Gasteiger partial charge in [0, 0.05) is 20.1 Å². The van der Waals surface area contributed by atoms with Crippen LogP contribution in [0.3, 0.4) is 0 Å². The molecule has 0 aliphatic heterocycles. The van der Waals surface area contributed by atoms with Crippen LogP contribution in [0.2, 0.25) is 0 Å². The van der Waals surface area contributed by atoms with Gasteiger partial charge in [0.05, 0.1) is 5.56 Å². The van der Waals surface area contributed by atoms with Crippen molar-refractivity contribution in [1.82, 2.24) is 9.80 Å². The Morgan fingerprint density at radius 2 is 1.88 bits per heavy atom. The van der Waals surface area contributed by atoms with Gasteiger partial charge in [-0.3, -0.25) is 4.79 Å². The SMILES string of the molecule is Cc1ccc(C(=O)N(C)CCN(C)C)c(F)c1. The summed E-state index contributed by atoms with van der Waals surface area (Å²) in [7, 11) is 5.56. The molecule has 0 bridgehead atoms. The fourth-order valence-corrected chi connectivity index (χ4v) is 1.45. The molecule has 0 saturated heterocycles. The van der Waals surface area contributed by atoms with Crippen LogP contribution in [0.4, 0.5) is 4.39 Å². The minimum atomic E-state index is -0.452. The third kappa shape index (κ3) is 3.82. The molecule has 94 valence electrons. The van der Waals surface area contributed by atoms with E-state index in [9.17, 15) is 9.18 Å². The van der Waals surface area contributed by atoms with Crippen molar-refractivity contribution >= 4 is 5.91 Å². The van der Waals surface area contributed by atoms with E-state index in [0.717, 1.165) is 12.1 Å². The monoisotopic (exact) mass is 238 g/mol. The summed E-state index contributed by atoms with van der Waals surface area (Å²) in [5.41, 5.74) is 0.951. The molecular formula is C13H19FN2O. The van der Waals surface area contributed by atoms with Gasteiger partial charge in [-0.1, -0.05) is 6.07 Å². The van der Waals surface area contributed by atoms with Crippen molar-refractivity contribution in [3.05, 3.63) is 35.1 Å². The maximum Gasteiger partial charge on any atom is 0.256 e. The summed E-state index contributed by atoms with van der Waals surface area (Å²) < 4.78 is 13.6. The standard InChI is InChI=1S/C13H19FN2O/c1-10-5-6-11(12(14)9-10)13(17)16(4)8-7-15(2)3/h5-6,9H,7-8H2,1-4H3. The molecule has 0 heterocycles. The van der Waals surface area contributed by atoms with Crippen molar-refractivity contribution in [2.24, 2.45) is 0 Å². The van der Waals surface area contributed by atoms with E-state index in [1.165, 1.54) is 11.0 Å². The molecule has 3 nitrogen and oxygen atoms in total. The molecule has 0 aliphatic carbocycles. The molecule has 0 fully saturated rings. The highest BCUT2D eigenvalue weighted by Gasteiger charge is 2.15. The lowest BCUT2D eigenvalue weighted by atomic mass is 10.1. The number of amides is 1. The van der Waals surface area contributed by atoms with Crippen molar-refractivity contribution in [2.45, 2.75) is 6.92 Å². The summed E-state index contributed by atoms with van der Waals surface area (Å²) in [6.07, 6.45) is 0. The van der Waals surface area contributed by atoms with E-state index in [4.69, 9.17) is 0 Å². The molecule has 1 rings (SSSR count). The van der Waals surface area contributed by atoms with Gasteiger partial charge >= 0.3 is 0 Å². The first-order valence-electron chi connectivity index (χ1n) is 5.58. The maximum atomic E-state index is 13.6. The van der Waals surface area contributed by atoms with Gasteiger partial charge in [0.1, 0.15) is 5.82 Å². The van der Waals surface area contributed by atoms with Gasteiger partial charge in [-0.2, -0.15) is 0 Å². The lowest BCUT2D eigenvalue weighted by Crippen LogP contribution is -2.33. The van der Waals surface area contributed by atoms with Crippen LogP contribution in [-0.2, 0) is 0 Å². The quantitative estimate of drug-likeness (QED) is 0.798. The number of carbonyl (C=O) groups is 1. The van der Waals surface area contributed by atoms with E-state index in [1.54, 1.807) is 26.1 Å². The number of aryl methyl sites for hydroxylation is 1. The molecule has 1 aromatic carbocycles. The molecule has 0 aromatic heterocycles. The van der Waals surface area contributed by atoms with Crippen molar-refractivity contribution in [3.8, 4) is 0 Å². The first-order chi connectivity index (χ1) is 7.91. The Kier molecular flexibility index (Phi) is 4.63. The summed E-state index contributed by atoms with van der Waals surface area (Å²) in [4.78, 5) is 15.5. The van der Waals surface area contributed by atoms with Gasteiger partial charge < -0.3 is 9.80 Å². The minimum absolute atomic E-state index is 0.136. The van der Waals surface area contributed by atoms with Gasteiger partial charge in [0.15, 0.2) is 0 Å². The molecule has 17 heavy (non-hydrogen) atoms. The molecule has 0 N–H and O–H groups in total. The highest BCUT2D eigenvalue weighted by atomic mass is 19.1. The highest BCUT2D eigenvalue weighted by molar-refractivity contribution is 5.94. The zero-order valence-corrected chi connectivity index (χ0v) is 10.8. The summed E-state index contributed by atoms with van der Waals surface area (Å²) in [6, 6.07) is 4.67. The van der Waals surface area contributed by atoms with Gasteiger partial charge in [0.25, 0.3) is 5.91 Å². The van der Waals surface area contributed by atoms with Crippen LogP contribution >= 0.6 is 0 Å². The Morgan fingerprint density at radius 3 is 2.41 bits per heavy atom. The number of rotatable bonds is 4. The number of halogens is 1. The largest absolute Gasteiger partial charge is 0.340 e. The Hall–Kier alpha value is -1.42. The third-order valence-electron chi connectivity index (χ3n) is 2.58. The molecule has 0 aliphatic rings. The molecule has 0 spiro atoms. The predicted octanol–water partition coefficient (Wildman–Crippen LogP) is 1.77. The van der Waals surface area contributed by atoms with Crippen molar-refractivity contribution in [3.63, 3.8) is 0 Å². The van der Waals surface area contributed by atoms with Gasteiger partial charge in [-0.05, 0) is 38.7 Å². The predicted molar refractivity (Wildman–Crippen MR) is 66.7 cm³/mol. The second-order valence-electron chi connectivity index (χ2n) is 4.51. The average Bonchev–Trinajstić information content (AvgIpc) is 2.25. The Balaban J connectivity index is 2.75. The van der Waals surface area contributed by atoms with Crippen LogP contribution in [0.1, 0.15) is 15.9 Å². The van der Waals surface area contributed by atoms with E-state index in [2.05, 4.69) is 0 Å². The fraction of sp³-hybridized carbons (Fsp3) is 0.462. The van der Waals surface area contributed by atoms with Gasteiger partial charge in [0.2, 0.25) is 0 Å². The Labute approximate surface area is 102 Å². The Bertz CT molecular complexity index is 404. The number of carbonyl (C=O) groups excluding carboxylic acids is 1. The summed E-state index contributed by atoms with van der Waals surface area (Å²) in [6.45, 7) is 3.14. The molecule has 0 unspecified atom stereocenters. The molecule has 0 radical (unpaired) electrons. The second kappa shape index (κ2) is 5.77. The first kappa shape index (κ1) is 13.6. The van der Waals surface area contributed by atoms with Crippen LogP contribution in [0, 0.1) is 12.7 Å². The normalized spacial score (nSPS) is 10.7. The van der Waals surface area contributed by atoms with Crippen molar-refractivity contribution < 1.29 is 9.18 Å². The first-order valence-corrected chi connectivity index (χ1v) is 5.58. The van der Waals surface area contributed by atoms with Crippen LogP contribution in [0.25, 0.3) is 0 Å². The number of hydrogen-bond donors (Lipinski definition) is 0. The number of benzene rings is 1. The molecule has 4 heteroatoms. The smallest absolute Gasteiger partial charge is 0.256 e. The fourth-order valence-electron chi connectivity index (χ4n) is 1.45. The average molecular weight is 238 g/mol. The third-order valence-corrected chi connectivity index (χ3v) is 2.58. The van der Waals surface area contributed by atoms with Crippen LogP contribution in [0.15, 0.2) is 18.2 Å². The van der Waals surface area contributed by atoms with Crippen LogP contribution < -0.4 is 0 Å². The van der Waals surface area contributed by atoms with Gasteiger partial charge in [-0.25, -0.2) is 4.39 Å². The summed E-state index contributed by atoms with van der Waals surface area (Å²) in [5, 5.41) is 0. The van der Waals surface area contributed by atoms with E-state index in [0.29, 0.717) is 6.54 Å². The number of likely N-dealkylation sites (N-methyl/N-ethyl adjacent to an activating group) is 2. The Morgan fingerprint density at radius 1 is 1.24 bits per heavy atom. The van der Waals surface area contributed by atoms with Crippen LogP contribution in [0.5, 0.6) is 0 Å².